The Kier molecular flexibility index (Phi) is 2.70. The molecule has 0 bridgehead atoms. The van der Waals surface area contributed by atoms with Gasteiger partial charge in [0, 0.05) is 5.92 Å². The van der Waals surface area contributed by atoms with Gasteiger partial charge >= 0.3 is 5.97 Å². The van der Waals surface area contributed by atoms with Gasteiger partial charge in [0.1, 0.15) is 0 Å². The summed E-state index contributed by atoms with van der Waals surface area (Å²) < 4.78 is 5.06. The largest absolute Gasteiger partial charge is 0.479 e. The normalized spacial score (nSPS) is 18.2. The summed E-state index contributed by atoms with van der Waals surface area (Å²) in [4.78, 5) is 10.5. The van der Waals surface area contributed by atoms with Crippen molar-refractivity contribution in [2.24, 2.45) is 0 Å². The fourth-order valence-electron chi connectivity index (χ4n) is 1.52. The van der Waals surface area contributed by atoms with Crippen molar-refractivity contribution in [1.29, 1.82) is 0 Å². The number of aliphatic hydroxyl groups is 1. The summed E-state index contributed by atoms with van der Waals surface area (Å²) >= 11 is 0. The highest BCUT2D eigenvalue weighted by Gasteiger charge is 2.21. The predicted octanol–water partition coefficient (Wildman–Crippen LogP) is 0.918. The Morgan fingerprint density at radius 2 is 1.93 bits per heavy atom. The van der Waals surface area contributed by atoms with Crippen LogP contribution in [0.2, 0.25) is 0 Å². The van der Waals surface area contributed by atoms with Crippen molar-refractivity contribution >= 4 is 5.97 Å². The van der Waals surface area contributed by atoms with Gasteiger partial charge < -0.3 is 14.9 Å². The average Bonchev–Trinajstić information content (AvgIpc) is 2.15. The van der Waals surface area contributed by atoms with Gasteiger partial charge in [0.2, 0.25) is 0 Å². The third-order valence-electron chi connectivity index (χ3n) is 2.60. The molecule has 0 saturated carbocycles. The number of aliphatic hydroxyl groups excluding tert-OH is 1. The van der Waals surface area contributed by atoms with Crippen molar-refractivity contribution < 1.29 is 19.7 Å². The molecule has 0 spiro atoms. The summed E-state index contributed by atoms with van der Waals surface area (Å²) in [6.45, 7) is 1.45. The van der Waals surface area contributed by atoms with Crippen LogP contribution in [0, 0.1) is 0 Å². The van der Waals surface area contributed by atoms with Crippen molar-refractivity contribution in [2.45, 2.75) is 12.0 Å². The van der Waals surface area contributed by atoms with Crippen LogP contribution in [-0.4, -0.2) is 29.4 Å². The average molecular weight is 208 g/mol. The number of rotatable bonds is 3. The SMILES string of the molecule is O=C(O)C(O)c1ccc(C2COC2)cc1. The standard InChI is InChI=1S/C11H12O4/c12-10(11(13)14)8-3-1-7(2-4-8)9-5-15-6-9/h1-4,9-10,12H,5-6H2,(H,13,14). The van der Waals surface area contributed by atoms with Crippen LogP contribution < -0.4 is 0 Å². The lowest BCUT2D eigenvalue weighted by atomic mass is 9.96. The van der Waals surface area contributed by atoms with Crippen LogP contribution in [0.5, 0.6) is 0 Å². The van der Waals surface area contributed by atoms with Crippen molar-refractivity contribution in [2.75, 3.05) is 13.2 Å². The minimum Gasteiger partial charge on any atom is -0.479 e. The quantitative estimate of drug-likeness (QED) is 0.775. The molecule has 15 heavy (non-hydrogen) atoms. The molecule has 2 N–H and O–H groups in total. The second-order valence-corrected chi connectivity index (χ2v) is 3.64. The zero-order valence-electron chi connectivity index (χ0n) is 8.09. The van der Waals surface area contributed by atoms with E-state index in [1.54, 1.807) is 12.1 Å². The first-order chi connectivity index (χ1) is 7.18. The van der Waals surface area contributed by atoms with Crippen LogP contribution >= 0.6 is 0 Å². The molecule has 4 nitrogen and oxygen atoms in total. The van der Waals surface area contributed by atoms with Gasteiger partial charge in [-0.15, -0.1) is 0 Å². The van der Waals surface area contributed by atoms with Crippen LogP contribution in [0.25, 0.3) is 0 Å². The van der Waals surface area contributed by atoms with E-state index in [-0.39, 0.29) is 0 Å². The van der Waals surface area contributed by atoms with Crippen LogP contribution in [0.3, 0.4) is 0 Å². The molecule has 1 atom stereocenters. The zero-order chi connectivity index (χ0) is 10.8. The minimum absolute atomic E-state index is 0.409. The van der Waals surface area contributed by atoms with Gasteiger partial charge in [-0.3, -0.25) is 0 Å². The minimum atomic E-state index is -1.43. The summed E-state index contributed by atoms with van der Waals surface area (Å²) in [7, 11) is 0. The summed E-state index contributed by atoms with van der Waals surface area (Å²) in [5.41, 5.74) is 1.54. The molecule has 1 aliphatic rings. The first-order valence-electron chi connectivity index (χ1n) is 4.77. The number of carboxylic acids is 1. The van der Waals surface area contributed by atoms with E-state index in [4.69, 9.17) is 9.84 Å². The highest BCUT2D eigenvalue weighted by molar-refractivity contribution is 5.73. The summed E-state index contributed by atoms with van der Waals surface area (Å²) in [6.07, 6.45) is -1.43. The second kappa shape index (κ2) is 4.00. The summed E-state index contributed by atoms with van der Waals surface area (Å²) in [5, 5.41) is 17.9. The van der Waals surface area contributed by atoms with Crippen LogP contribution in [0.15, 0.2) is 24.3 Å². The maximum atomic E-state index is 10.5. The van der Waals surface area contributed by atoms with Gasteiger partial charge in [-0.05, 0) is 11.1 Å². The maximum Gasteiger partial charge on any atom is 0.337 e. The molecular weight excluding hydrogens is 196 g/mol. The van der Waals surface area contributed by atoms with E-state index in [9.17, 15) is 9.90 Å². The number of ether oxygens (including phenoxy) is 1. The molecule has 1 saturated heterocycles. The number of carboxylic acid groups (broad SMARTS) is 1. The fraction of sp³-hybridized carbons (Fsp3) is 0.364. The number of carbonyl (C=O) groups is 1. The lowest BCUT2D eigenvalue weighted by Crippen LogP contribution is -2.25. The fourth-order valence-corrected chi connectivity index (χ4v) is 1.52. The van der Waals surface area contributed by atoms with E-state index in [1.165, 1.54) is 0 Å². The molecule has 0 radical (unpaired) electrons. The van der Waals surface area contributed by atoms with Gasteiger partial charge in [-0.1, -0.05) is 24.3 Å². The highest BCUT2D eigenvalue weighted by Crippen LogP contribution is 2.25. The lowest BCUT2D eigenvalue weighted by Gasteiger charge is -2.26. The number of hydrogen-bond acceptors (Lipinski definition) is 3. The number of benzene rings is 1. The number of aliphatic carboxylic acids is 1. The van der Waals surface area contributed by atoms with E-state index in [0.717, 1.165) is 18.8 Å². The molecule has 1 fully saturated rings. The molecule has 0 amide bonds. The molecule has 0 aliphatic carbocycles. The third kappa shape index (κ3) is 2.00. The molecule has 80 valence electrons. The first kappa shape index (κ1) is 10.1. The Morgan fingerprint density at radius 1 is 1.33 bits per heavy atom. The van der Waals surface area contributed by atoms with Gasteiger partial charge in [0.25, 0.3) is 0 Å². The van der Waals surface area contributed by atoms with E-state index in [2.05, 4.69) is 0 Å². The van der Waals surface area contributed by atoms with Crippen molar-refractivity contribution in [3.63, 3.8) is 0 Å². The molecular formula is C11H12O4. The van der Waals surface area contributed by atoms with Gasteiger partial charge in [0.15, 0.2) is 6.10 Å². The smallest absolute Gasteiger partial charge is 0.337 e. The molecule has 2 rings (SSSR count). The molecule has 1 heterocycles. The molecule has 1 aromatic carbocycles. The monoisotopic (exact) mass is 208 g/mol. The van der Waals surface area contributed by atoms with Gasteiger partial charge in [0.05, 0.1) is 13.2 Å². The Morgan fingerprint density at radius 3 is 2.33 bits per heavy atom. The summed E-state index contributed by atoms with van der Waals surface area (Å²) in [5.74, 6) is -0.809. The van der Waals surface area contributed by atoms with E-state index in [0.29, 0.717) is 11.5 Å². The van der Waals surface area contributed by atoms with Gasteiger partial charge in [-0.2, -0.15) is 0 Å². The molecule has 4 heteroatoms. The maximum absolute atomic E-state index is 10.5. The Bertz CT molecular complexity index is 353. The van der Waals surface area contributed by atoms with E-state index >= 15 is 0 Å². The first-order valence-corrected chi connectivity index (χ1v) is 4.77. The Labute approximate surface area is 87.1 Å². The molecule has 1 unspecified atom stereocenters. The molecule has 1 aromatic rings. The van der Waals surface area contributed by atoms with Crippen LogP contribution in [0.1, 0.15) is 23.1 Å². The van der Waals surface area contributed by atoms with E-state index < -0.39 is 12.1 Å². The highest BCUT2D eigenvalue weighted by atomic mass is 16.5. The van der Waals surface area contributed by atoms with Crippen molar-refractivity contribution in [3.8, 4) is 0 Å². The van der Waals surface area contributed by atoms with Crippen molar-refractivity contribution in [3.05, 3.63) is 35.4 Å². The van der Waals surface area contributed by atoms with Crippen LogP contribution in [-0.2, 0) is 9.53 Å². The lowest BCUT2D eigenvalue weighted by molar-refractivity contribution is -0.146. The predicted molar refractivity (Wildman–Crippen MR) is 52.6 cm³/mol. The third-order valence-corrected chi connectivity index (χ3v) is 2.60. The zero-order valence-corrected chi connectivity index (χ0v) is 8.09. The topological polar surface area (TPSA) is 66.8 Å². The Balaban J connectivity index is 2.12. The van der Waals surface area contributed by atoms with Crippen LogP contribution in [0.4, 0.5) is 0 Å². The van der Waals surface area contributed by atoms with E-state index in [1.807, 2.05) is 12.1 Å². The molecule has 0 aromatic heterocycles. The summed E-state index contributed by atoms with van der Waals surface area (Å²) in [6, 6.07) is 6.97. The van der Waals surface area contributed by atoms with Gasteiger partial charge in [-0.25, -0.2) is 4.79 Å². The molecule has 1 aliphatic heterocycles. The number of hydrogen-bond donors (Lipinski definition) is 2. The second-order valence-electron chi connectivity index (χ2n) is 3.64. The Hall–Kier alpha value is -1.39. The van der Waals surface area contributed by atoms with Crippen molar-refractivity contribution in [1.82, 2.24) is 0 Å².